The number of rotatable bonds is 8. The third-order valence-electron chi connectivity index (χ3n) is 4.94. The van der Waals surface area contributed by atoms with Crippen molar-refractivity contribution in [1.29, 1.82) is 0 Å². The van der Waals surface area contributed by atoms with Crippen molar-refractivity contribution in [1.82, 2.24) is 0 Å². The number of primary amides is 1. The number of aryl methyl sites for hydroxylation is 1. The first-order chi connectivity index (χ1) is 14.9. The van der Waals surface area contributed by atoms with E-state index in [2.05, 4.69) is 5.32 Å². The van der Waals surface area contributed by atoms with E-state index in [-0.39, 0.29) is 18.9 Å². The molecule has 1 heterocycles. The molecule has 1 aliphatic rings. The molecule has 0 radical (unpaired) electrons. The Morgan fingerprint density at radius 2 is 1.84 bits per heavy atom. The van der Waals surface area contributed by atoms with Gasteiger partial charge in [-0.2, -0.15) is 0 Å². The van der Waals surface area contributed by atoms with Gasteiger partial charge in [0, 0.05) is 30.5 Å². The normalized spacial score (nSPS) is 12.5. The molecule has 164 valence electrons. The lowest BCUT2D eigenvalue weighted by molar-refractivity contribution is -0.122. The number of anilines is 2. The highest BCUT2D eigenvalue weighted by Gasteiger charge is 2.28. The van der Waals surface area contributed by atoms with Crippen LogP contribution < -0.4 is 16.0 Å². The van der Waals surface area contributed by atoms with Gasteiger partial charge in [-0.25, -0.2) is 4.79 Å². The van der Waals surface area contributed by atoms with Crippen LogP contribution >= 0.6 is 11.3 Å². The fourth-order valence-electron chi connectivity index (χ4n) is 3.53. The molecule has 3 N–H and O–H groups in total. The number of hydrogen-bond acceptors (Lipinski definition) is 6. The second-order valence-corrected chi connectivity index (χ2v) is 8.37. The maximum atomic E-state index is 12.9. The van der Waals surface area contributed by atoms with Crippen molar-refractivity contribution in [3.63, 3.8) is 0 Å². The largest absolute Gasteiger partial charge is 0.452 e. The zero-order chi connectivity index (χ0) is 22.4. The number of thiophene rings is 1. The van der Waals surface area contributed by atoms with Crippen molar-refractivity contribution in [2.75, 3.05) is 23.4 Å². The Labute approximate surface area is 184 Å². The standard InChI is InChI=1S/C22H25N3O5S/c1-14(26)24-21-20(16-9-5-6-10-17(16)31-21)22(29)30-13-19(28)25(12-11-18(23)27)15-7-3-2-4-8-15/h2-4,7-8H,5-6,9-13H2,1H3,(H2,23,27)(H,24,26). The molecule has 31 heavy (non-hydrogen) atoms. The van der Waals surface area contributed by atoms with E-state index < -0.39 is 24.4 Å². The number of carbonyl (C=O) groups excluding carboxylic acids is 4. The van der Waals surface area contributed by atoms with Crippen LogP contribution in [0.1, 0.15) is 47.0 Å². The Balaban J connectivity index is 1.75. The van der Waals surface area contributed by atoms with E-state index in [1.54, 1.807) is 24.3 Å². The minimum atomic E-state index is -0.639. The van der Waals surface area contributed by atoms with Gasteiger partial charge in [-0.3, -0.25) is 14.4 Å². The molecule has 0 fully saturated rings. The molecule has 0 saturated heterocycles. The minimum absolute atomic E-state index is 0.0146. The van der Waals surface area contributed by atoms with E-state index in [4.69, 9.17) is 10.5 Å². The van der Waals surface area contributed by atoms with Gasteiger partial charge in [-0.1, -0.05) is 18.2 Å². The zero-order valence-corrected chi connectivity index (χ0v) is 18.1. The Kier molecular flexibility index (Phi) is 7.41. The summed E-state index contributed by atoms with van der Waals surface area (Å²) in [7, 11) is 0. The Hall–Kier alpha value is -3.20. The monoisotopic (exact) mass is 443 g/mol. The van der Waals surface area contributed by atoms with E-state index in [1.807, 2.05) is 6.07 Å². The highest BCUT2D eigenvalue weighted by atomic mass is 32.1. The number of para-hydroxylation sites is 1. The van der Waals surface area contributed by atoms with Gasteiger partial charge in [-0.05, 0) is 43.4 Å². The molecule has 1 aromatic heterocycles. The molecule has 0 atom stereocenters. The van der Waals surface area contributed by atoms with E-state index in [0.29, 0.717) is 16.3 Å². The summed E-state index contributed by atoms with van der Waals surface area (Å²) in [6.45, 7) is 0.977. The first-order valence-corrected chi connectivity index (χ1v) is 10.9. The van der Waals surface area contributed by atoms with Crippen molar-refractivity contribution >= 4 is 45.7 Å². The van der Waals surface area contributed by atoms with Crippen molar-refractivity contribution in [3.05, 3.63) is 46.3 Å². The summed E-state index contributed by atoms with van der Waals surface area (Å²) in [6.07, 6.45) is 3.56. The molecule has 8 nitrogen and oxygen atoms in total. The van der Waals surface area contributed by atoms with E-state index in [9.17, 15) is 19.2 Å². The highest BCUT2D eigenvalue weighted by molar-refractivity contribution is 7.17. The average molecular weight is 444 g/mol. The number of nitrogens with one attached hydrogen (secondary N) is 1. The Morgan fingerprint density at radius 1 is 1.13 bits per heavy atom. The predicted octanol–water partition coefficient (Wildman–Crippen LogP) is 2.65. The smallest absolute Gasteiger partial charge is 0.341 e. The van der Waals surface area contributed by atoms with Gasteiger partial charge in [0.1, 0.15) is 5.00 Å². The van der Waals surface area contributed by atoms with Crippen LogP contribution in [0.4, 0.5) is 10.7 Å². The van der Waals surface area contributed by atoms with Crippen molar-refractivity contribution in [2.45, 2.75) is 39.0 Å². The van der Waals surface area contributed by atoms with Crippen LogP contribution in [0.3, 0.4) is 0 Å². The van der Waals surface area contributed by atoms with E-state index >= 15 is 0 Å². The SMILES string of the molecule is CC(=O)Nc1sc2c(c1C(=O)OCC(=O)N(CCC(N)=O)c1ccccc1)CCCC2. The summed E-state index contributed by atoms with van der Waals surface area (Å²) >= 11 is 1.39. The molecule has 3 rings (SSSR count). The third-order valence-corrected chi connectivity index (χ3v) is 6.15. The van der Waals surface area contributed by atoms with Crippen LogP contribution in [0, 0.1) is 0 Å². The van der Waals surface area contributed by atoms with E-state index in [1.165, 1.54) is 23.2 Å². The van der Waals surface area contributed by atoms with Crippen molar-refractivity contribution in [3.8, 4) is 0 Å². The summed E-state index contributed by atoms with van der Waals surface area (Å²) in [5.74, 6) is -1.91. The van der Waals surface area contributed by atoms with Crippen LogP contribution in [-0.4, -0.2) is 36.8 Å². The second-order valence-electron chi connectivity index (χ2n) is 7.27. The highest BCUT2D eigenvalue weighted by Crippen LogP contribution is 2.38. The molecule has 3 amide bonds. The van der Waals surface area contributed by atoms with Crippen LogP contribution in [0.5, 0.6) is 0 Å². The fourth-order valence-corrected chi connectivity index (χ4v) is 4.86. The first-order valence-electron chi connectivity index (χ1n) is 10.1. The summed E-state index contributed by atoms with van der Waals surface area (Å²) in [6, 6.07) is 8.80. The number of esters is 1. The zero-order valence-electron chi connectivity index (χ0n) is 17.3. The Morgan fingerprint density at radius 3 is 2.52 bits per heavy atom. The maximum absolute atomic E-state index is 12.9. The molecule has 0 spiro atoms. The third kappa shape index (κ3) is 5.69. The van der Waals surface area contributed by atoms with Crippen LogP contribution in [0.25, 0.3) is 0 Å². The van der Waals surface area contributed by atoms with Gasteiger partial charge in [0.15, 0.2) is 6.61 Å². The van der Waals surface area contributed by atoms with E-state index in [0.717, 1.165) is 36.1 Å². The van der Waals surface area contributed by atoms with Crippen molar-refractivity contribution < 1.29 is 23.9 Å². The molecule has 0 unspecified atom stereocenters. The summed E-state index contributed by atoms with van der Waals surface area (Å²) in [5, 5.41) is 3.18. The van der Waals surface area contributed by atoms with Crippen molar-refractivity contribution in [2.24, 2.45) is 5.73 Å². The lowest BCUT2D eigenvalue weighted by atomic mass is 9.95. The number of carbonyl (C=O) groups is 4. The van der Waals surface area contributed by atoms with Gasteiger partial charge in [0.25, 0.3) is 5.91 Å². The summed E-state index contributed by atoms with van der Waals surface area (Å²) in [5.41, 5.74) is 7.04. The number of nitrogens with two attached hydrogens (primary N) is 1. The quantitative estimate of drug-likeness (QED) is 0.608. The number of amides is 3. The summed E-state index contributed by atoms with van der Waals surface area (Å²) < 4.78 is 5.35. The minimum Gasteiger partial charge on any atom is -0.452 e. The number of nitrogens with zero attached hydrogens (tertiary/aromatic N) is 1. The van der Waals surface area contributed by atoms with Gasteiger partial charge in [-0.15, -0.1) is 11.3 Å². The van der Waals surface area contributed by atoms with Gasteiger partial charge in [0.2, 0.25) is 11.8 Å². The van der Waals surface area contributed by atoms with Gasteiger partial charge < -0.3 is 20.7 Å². The van der Waals surface area contributed by atoms with Gasteiger partial charge >= 0.3 is 5.97 Å². The van der Waals surface area contributed by atoms with Gasteiger partial charge in [0.05, 0.1) is 5.56 Å². The molecule has 1 aromatic carbocycles. The molecule has 1 aliphatic carbocycles. The van der Waals surface area contributed by atoms with Crippen LogP contribution in [0.2, 0.25) is 0 Å². The van der Waals surface area contributed by atoms with Crippen LogP contribution in [0.15, 0.2) is 30.3 Å². The molecular formula is C22H25N3O5S. The molecule has 0 aliphatic heterocycles. The molecule has 0 bridgehead atoms. The van der Waals surface area contributed by atoms with Crippen LogP contribution in [-0.2, 0) is 32.0 Å². The lowest BCUT2D eigenvalue weighted by Crippen LogP contribution is -2.37. The number of benzene rings is 1. The summed E-state index contributed by atoms with van der Waals surface area (Å²) in [4.78, 5) is 50.9. The average Bonchev–Trinajstić information content (AvgIpc) is 3.09. The second kappa shape index (κ2) is 10.2. The number of ether oxygens (including phenoxy) is 1. The molecular weight excluding hydrogens is 418 g/mol. The topological polar surface area (TPSA) is 119 Å². The lowest BCUT2D eigenvalue weighted by Gasteiger charge is -2.22. The predicted molar refractivity (Wildman–Crippen MR) is 118 cm³/mol. The fraction of sp³-hybridized carbons (Fsp3) is 0.364. The maximum Gasteiger partial charge on any atom is 0.341 e. The molecule has 0 saturated carbocycles. The molecule has 9 heteroatoms. The first kappa shape index (κ1) is 22.5. The Bertz CT molecular complexity index is 987. The number of fused-ring (bicyclic) bond motifs is 1. The number of hydrogen-bond donors (Lipinski definition) is 2. The molecule has 2 aromatic rings.